The van der Waals surface area contributed by atoms with Crippen LogP contribution in [0.3, 0.4) is 0 Å². The number of aryl methyl sites for hydroxylation is 1. The highest BCUT2D eigenvalue weighted by molar-refractivity contribution is 7.98. The Morgan fingerprint density at radius 2 is 1.83 bits per heavy atom. The molecule has 1 aromatic heterocycles. The maximum atomic E-state index is 13.7. The van der Waals surface area contributed by atoms with Crippen molar-refractivity contribution in [3.05, 3.63) is 65.5 Å². The van der Waals surface area contributed by atoms with Crippen LogP contribution in [0.15, 0.2) is 53.7 Å². The molecule has 3 aromatic rings. The Morgan fingerprint density at radius 3 is 2.62 bits per heavy atom. The first-order chi connectivity index (χ1) is 11.7. The Bertz CT molecular complexity index is 860. The van der Waals surface area contributed by atoms with Gasteiger partial charge in [0, 0.05) is 24.5 Å². The fraction of sp³-hybridized carbons (Fsp3) is 0.222. The molecule has 0 amide bonds. The largest absolute Gasteiger partial charge is 0.309 e. The van der Waals surface area contributed by atoms with Crippen LogP contribution in [0, 0.1) is 12.7 Å². The zero-order valence-corrected chi connectivity index (χ0v) is 14.1. The Kier molecular flexibility index (Phi) is 3.98. The lowest BCUT2D eigenvalue weighted by Crippen LogP contribution is -2.14. The van der Waals surface area contributed by atoms with E-state index in [0.29, 0.717) is 11.3 Å². The predicted molar refractivity (Wildman–Crippen MR) is 94.2 cm³/mol. The van der Waals surface area contributed by atoms with Crippen LogP contribution in [0.5, 0.6) is 0 Å². The van der Waals surface area contributed by atoms with E-state index in [-0.39, 0.29) is 5.82 Å². The third-order valence-corrected chi connectivity index (χ3v) is 5.16. The molecule has 1 aliphatic rings. The molecular formula is C18H17FN4S. The number of benzene rings is 2. The van der Waals surface area contributed by atoms with E-state index in [1.807, 2.05) is 12.1 Å². The van der Waals surface area contributed by atoms with E-state index in [1.54, 1.807) is 6.07 Å². The lowest BCUT2D eigenvalue weighted by Gasteiger charge is -2.15. The number of aromatic nitrogens is 3. The zero-order valence-electron chi connectivity index (χ0n) is 13.3. The standard InChI is InChI=1S/C18H17FN4S/c1-13-6-8-15(9-7-13)22-10-11-23-17(22)20-21-18(23)24-12-14-4-2-3-5-16(14)19/h2-9H,10-12H2,1H3. The number of anilines is 2. The van der Waals surface area contributed by atoms with E-state index in [1.165, 1.54) is 23.4 Å². The van der Waals surface area contributed by atoms with E-state index in [2.05, 4.69) is 50.9 Å². The number of nitrogens with zero attached hydrogens (tertiary/aromatic N) is 4. The summed E-state index contributed by atoms with van der Waals surface area (Å²) in [5, 5.41) is 9.46. The van der Waals surface area contributed by atoms with Gasteiger partial charge in [-0.05, 0) is 30.7 Å². The summed E-state index contributed by atoms with van der Waals surface area (Å²) < 4.78 is 15.8. The van der Waals surface area contributed by atoms with Crippen molar-refractivity contribution in [2.45, 2.75) is 24.4 Å². The first kappa shape index (κ1) is 15.2. The van der Waals surface area contributed by atoms with Crippen molar-refractivity contribution >= 4 is 23.4 Å². The highest BCUT2D eigenvalue weighted by Gasteiger charge is 2.26. The molecule has 0 unspecified atom stereocenters. The average Bonchev–Trinajstić information content (AvgIpc) is 3.17. The Balaban J connectivity index is 1.53. The minimum absolute atomic E-state index is 0.174. The van der Waals surface area contributed by atoms with Crippen molar-refractivity contribution in [1.29, 1.82) is 0 Å². The van der Waals surface area contributed by atoms with Gasteiger partial charge >= 0.3 is 0 Å². The monoisotopic (exact) mass is 340 g/mol. The normalized spacial score (nSPS) is 13.3. The van der Waals surface area contributed by atoms with Gasteiger partial charge in [0.1, 0.15) is 5.82 Å². The van der Waals surface area contributed by atoms with Gasteiger partial charge in [-0.25, -0.2) is 4.39 Å². The van der Waals surface area contributed by atoms with Crippen molar-refractivity contribution in [2.24, 2.45) is 0 Å². The summed E-state index contributed by atoms with van der Waals surface area (Å²) in [4.78, 5) is 2.17. The molecule has 6 heteroatoms. The molecule has 0 bridgehead atoms. The molecule has 0 atom stereocenters. The summed E-state index contributed by atoms with van der Waals surface area (Å²) in [5.41, 5.74) is 3.05. The van der Waals surface area contributed by atoms with E-state index < -0.39 is 0 Å². The number of hydrogen-bond acceptors (Lipinski definition) is 4. The molecule has 2 aromatic carbocycles. The molecule has 0 saturated heterocycles. The first-order valence-electron chi connectivity index (χ1n) is 7.86. The van der Waals surface area contributed by atoms with E-state index in [0.717, 1.165) is 29.9 Å². The Morgan fingerprint density at radius 1 is 1.04 bits per heavy atom. The van der Waals surface area contributed by atoms with Crippen LogP contribution >= 0.6 is 11.8 Å². The summed E-state index contributed by atoms with van der Waals surface area (Å²) in [7, 11) is 0. The highest BCUT2D eigenvalue weighted by Crippen LogP contribution is 2.33. The molecule has 0 fully saturated rings. The highest BCUT2D eigenvalue weighted by atomic mass is 32.2. The zero-order chi connectivity index (χ0) is 16.5. The van der Waals surface area contributed by atoms with Crippen LogP contribution < -0.4 is 4.90 Å². The molecule has 0 spiro atoms. The van der Waals surface area contributed by atoms with Crippen LogP contribution in [0.25, 0.3) is 0 Å². The second kappa shape index (κ2) is 6.28. The maximum Gasteiger partial charge on any atom is 0.232 e. The summed E-state index contributed by atoms with van der Waals surface area (Å²) in [6.45, 7) is 3.80. The van der Waals surface area contributed by atoms with E-state index >= 15 is 0 Å². The minimum Gasteiger partial charge on any atom is -0.309 e. The smallest absolute Gasteiger partial charge is 0.232 e. The van der Waals surface area contributed by atoms with Gasteiger partial charge in [0.2, 0.25) is 5.95 Å². The van der Waals surface area contributed by atoms with Crippen LogP contribution in [0.1, 0.15) is 11.1 Å². The van der Waals surface area contributed by atoms with Crippen LogP contribution in [-0.4, -0.2) is 21.3 Å². The number of hydrogen-bond donors (Lipinski definition) is 0. The summed E-state index contributed by atoms with van der Waals surface area (Å²) in [5.74, 6) is 1.23. The average molecular weight is 340 g/mol. The SMILES string of the molecule is Cc1ccc(N2CCn3c(SCc4ccccc4F)nnc32)cc1. The maximum absolute atomic E-state index is 13.7. The number of rotatable bonds is 4. The molecule has 122 valence electrons. The van der Waals surface area contributed by atoms with Gasteiger partial charge in [0.25, 0.3) is 0 Å². The number of halogens is 1. The Labute approximate surface area is 144 Å². The molecule has 0 aliphatic carbocycles. The van der Waals surface area contributed by atoms with Gasteiger partial charge < -0.3 is 4.90 Å². The van der Waals surface area contributed by atoms with Crippen molar-refractivity contribution in [1.82, 2.24) is 14.8 Å². The molecule has 24 heavy (non-hydrogen) atoms. The second-order valence-electron chi connectivity index (χ2n) is 5.80. The minimum atomic E-state index is -0.174. The van der Waals surface area contributed by atoms with Gasteiger partial charge in [-0.2, -0.15) is 0 Å². The van der Waals surface area contributed by atoms with Gasteiger partial charge in [-0.3, -0.25) is 4.57 Å². The molecule has 2 heterocycles. The molecule has 0 N–H and O–H groups in total. The molecule has 4 nitrogen and oxygen atoms in total. The molecule has 4 rings (SSSR count). The van der Waals surface area contributed by atoms with E-state index in [9.17, 15) is 4.39 Å². The van der Waals surface area contributed by atoms with Crippen molar-refractivity contribution in [3.8, 4) is 0 Å². The quantitative estimate of drug-likeness (QED) is 0.668. The van der Waals surface area contributed by atoms with Crippen molar-refractivity contribution < 1.29 is 4.39 Å². The molecule has 1 aliphatic heterocycles. The summed E-state index contributed by atoms with van der Waals surface area (Å²) in [6.07, 6.45) is 0. The van der Waals surface area contributed by atoms with Crippen LogP contribution in [-0.2, 0) is 12.3 Å². The second-order valence-corrected chi connectivity index (χ2v) is 6.74. The van der Waals surface area contributed by atoms with Gasteiger partial charge in [-0.1, -0.05) is 47.7 Å². The lowest BCUT2D eigenvalue weighted by atomic mass is 10.2. The summed E-state index contributed by atoms with van der Waals surface area (Å²) >= 11 is 1.52. The lowest BCUT2D eigenvalue weighted by molar-refractivity contribution is 0.617. The van der Waals surface area contributed by atoms with E-state index in [4.69, 9.17) is 0 Å². The molecule has 0 saturated carbocycles. The van der Waals surface area contributed by atoms with Gasteiger partial charge in [-0.15, -0.1) is 10.2 Å². The van der Waals surface area contributed by atoms with Crippen LogP contribution in [0.4, 0.5) is 16.0 Å². The molecule has 0 radical (unpaired) electrons. The van der Waals surface area contributed by atoms with Crippen LogP contribution in [0.2, 0.25) is 0 Å². The van der Waals surface area contributed by atoms with Gasteiger partial charge in [0.05, 0.1) is 0 Å². The summed E-state index contributed by atoms with van der Waals surface area (Å²) in [6, 6.07) is 15.3. The fourth-order valence-electron chi connectivity index (χ4n) is 2.81. The van der Waals surface area contributed by atoms with Crippen molar-refractivity contribution in [3.63, 3.8) is 0 Å². The third-order valence-electron chi connectivity index (χ3n) is 4.15. The van der Waals surface area contributed by atoms with Crippen molar-refractivity contribution in [2.75, 3.05) is 11.4 Å². The van der Waals surface area contributed by atoms with Gasteiger partial charge in [0.15, 0.2) is 5.16 Å². The number of fused-ring (bicyclic) bond motifs is 1. The first-order valence-corrected chi connectivity index (χ1v) is 8.84. The fourth-order valence-corrected chi connectivity index (χ4v) is 3.76. The predicted octanol–water partition coefficient (Wildman–Crippen LogP) is 4.17. The molecular weight excluding hydrogens is 323 g/mol. The Hall–Kier alpha value is -2.34. The number of thioether (sulfide) groups is 1. The topological polar surface area (TPSA) is 34.0 Å². The third kappa shape index (κ3) is 2.78.